The van der Waals surface area contributed by atoms with Gasteiger partial charge >= 0.3 is 0 Å². The Morgan fingerprint density at radius 2 is 1.93 bits per heavy atom. The fourth-order valence-electron chi connectivity index (χ4n) is 3.42. The summed E-state index contributed by atoms with van der Waals surface area (Å²) in [6.45, 7) is 3.20. The van der Waals surface area contributed by atoms with E-state index < -0.39 is 6.10 Å². The molecule has 5 heteroatoms. The summed E-state index contributed by atoms with van der Waals surface area (Å²) in [6, 6.07) is 13.2. The molecule has 1 amide bonds. The molecule has 2 aromatic rings. The Morgan fingerprint density at radius 1 is 1.15 bits per heavy atom. The smallest absolute Gasteiger partial charge is 0.261 e. The highest BCUT2D eigenvalue weighted by Crippen LogP contribution is 2.31. The second-order valence-electron chi connectivity index (χ2n) is 6.83. The van der Waals surface area contributed by atoms with Gasteiger partial charge in [0.05, 0.1) is 13.2 Å². The van der Waals surface area contributed by atoms with E-state index in [-0.39, 0.29) is 17.7 Å². The molecule has 0 saturated carbocycles. The molecule has 3 rings (SSSR count). The molecule has 0 radical (unpaired) electrons. The second kappa shape index (κ2) is 8.25. The number of aryl methyl sites for hydroxylation is 1. The molecule has 142 valence electrons. The highest BCUT2D eigenvalue weighted by Gasteiger charge is 2.25. The summed E-state index contributed by atoms with van der Waals surface area (Å²) in [5.74, 6) is 0.649. The van der Waals surface area contributed by atoms with Crippen molar-refractivity contribution < 1.29 is 19.1 Å². The lowest BCUT2D eigenvalue weighted by Gasteiger charge is -2.27. The number of Topliss-reactive ketones (excluding diaryl/α,β-unsaturated/α-hetero) is 1. The Kier molecular flexibility index (Phi) is 5.79. The Balaban J connectivity index is 1.69. The number of amides is 1. The van der Waals surface area contributed by atoms with Crippen molar-refractivity contribution in [3.63, 3.8) is 0 Å². The predicted octanol–water partition coefficient (Wildman–Crippen LogP) is 3.86. The number of nitrogens with one attached hydrogen (secondary N) is 1. The molecule has 1 aliphatic rings. The van der Waals surface area contributed by atoms with Crippen LogP contribution >= 0.6 is 0 Å². The van der Waals surface area contributed by atoms with Gasteiger partial charge in [-0.15, -0.1) is 0 Å². The third-order valence-electron chi connectivity index (χ3n) is 4.93. The van der Waals surface area contributed by atoms with Crippen LogP contribution in [0, 0.1) is 0 Å². The van der Waals surface area contributed by atoms with Gasteiger partial charge in [0.25, 0.3) is 5.91 Å². The molecule has 0 fully saturated rings. The topological polar surface area (TPSA) is 64.6 Å². The second-order valence-corrected chi connectivity index (χ2v) is 6.83. The maximum atomic E-state index is 12.7. The fraction of sp³-hybridized carbons (Fsp3) is 0.364. The van der Waals surface area contributed by atoms with Gasteiger partial charge in [-0.05, 0) is 62.4 Å². The van der Waals surface area contributed by atoms with E-state index in [2.05, 4.69) is 17.4 Å². The quantitative estimate of drug-likeness (QED) is 0.788. The molecule has 27 heavy (non-hydrogen) atoms. The van der Waals surface area contributed by atoms with Crippen LogP contribution in [0.4, 0.5) is 0 Å². The lowest BCUT2D eigenvalue weighted by atomic mass is 9.87. The molecular weight excluding hydrogens is 342 g/mol. The molecule has 0 saturated heterocycles. The average Bonchev–Trinajstić information content (AvgIpc) is 2.68. The number of methoxy groups -OCH3 is 1. The van der Waals surface area contributed by atoms with Crippen molar-refractivity contribution in [3.05, 3.63) is 59.2 Å². The van der Waals surface area contributed by atoms with Crippen LogP contribution in [-0.4, -0.2) is 24.9 Å². The van der Waals surface area contributed by atoms with Crippen molar-refractivity contribution in [1.82, 2.24) is 5.32 Å². The number of benzene rings is 2. The number of carbonyl (C=O) groups is 2. The number of fused-ring (bicyclic) bond motifs is 1. The van der Waals surface area contributed by atoms with E-state index in [0.29, 0.717) is 17.1 Å². The first-order chi connectivity index (χ1) is 13.0. The summed E-state index contributed by atoms with van der Waals surface area (Å²) in [4.78, 5) is 24.2. The summed E-state index contributed by atoms with van der Waals surface area (Å²) in [5, 5.41) is 3.10. The van der Waals surface area contributed by atoms with E-state index in [1.54, 1.807) is 25.1 Å². The first-order valence-corrected chi connectivity index (χ1v) is 9.23. The van der Waals surface area contributed by atoms with Gasteiger partial charge in [0.15, 0.2) is 23.4 Å². The maximum Gasteiger partial charge on any atom is 0.261 e. The van der Waals surface area contributed by atoms with Crippen molar-refractivity contribution in [2.75, 3.05) is 7.11 Å². The molecule has 0 heterocycles. The number of rotatable bonds is 6. The minimum atomic E-state index is -0.684. The van der Waals surface area contributed by atoms with Gasteiger partial charge in [-0.25, -0.2) is 0 Å². The molecule has 0 bridgehead atoms. The molecule has 1 aliphatic carbocycles. The zero-order valence-electron chi connectivity index (χ0n) is 16.0. The molecule has 0 spiro atoms. The molecule has 0 unspecified atom stereocenters. The minimum Gasteiger partial charge on any atom is -0.493 e. The van der Waals surface area contributed by atoms with Gasteiger partial charge in [-0.1, -0.05) is 24.3 Å². The zero-order valence-corrected chi connectivity index (χ0v) is 16.0. The van der Waals surface area contributed by atoms with E-state index in [1.807, 2.05) is 12.1 Å². The van der Waals surface area contributed by atoms with E-state index in [4.69, 9.17) is 9.47 Å². The molecule has 2 atom stereocenters. The van der Waals surface area contributed by atoms with Gasteiger partial charge in [0, 0.05) is 5.56 Å². The van der Waals surface area contributed by atoms with E-state index in [1.165, 1.54) is 25.2 Å². The van der Waals surface area contributed by atoms with Gasteiger partial charge in [0.2, 0.25) is 0 Å². The van der Waals surface area contributed by atoms with Crippen LogP contribution in [0.2, 0.25) is 0 Å². The van der Waals surface area contributed by atoms with Crippen molar-refractivity contribution in [2.45, 2.75) is 45.3 Å². The molecule has 0 aliphatic heterocycles. The summed E-state index contributed by atoms with van der Waals surface area (Å²) in [7, 11) is 1.51. The van der Waals surface area contributed by atoms with Crippen LogP contribution in [0.25, 0.3) is 0 Å². The Morgan fingerprint density at radius 3 is 2.67 bits per heavy atom. The lowest BCUT2D eigenvalue weighted by molar-refractivity contribution is -0.128. The van der Waals surface area contributed by atoms with Gasteiger partial charge in [-0.3, -0.25) is 9.59 Å². The number of carbonyl (C=O) groups excluding carboxylic acids is 2. The number of ketones is 1. The minimum absolute atomic E-state index is 0.00971. The summed E-state index contributed by atoms with van der Waals surface area (Å²) in [5.41, 5.74) is 3.02. The Bertz CT molecular complexity index is 846. The van der Waals surface area contributed by atoms with Gasteiger partial charge in [-0.2, -0.15) is 0 Å². The van der Waals surface area contributed by atoms with E-state index in [9.17, 15) is 9.59 Å². The van der Waals surface area contributed by atoms with Crippen molar-refractivity contribution >= 4 is 11.7 Å². The highest BCUT2D eigenvalue weighted by atomic mass is 16.5. The lowest BCUT2D eigenvalue weighted by Crippen LogP contribution is -2.39. The standard InChI is InChI=1S/C22H25NO4/c1-14(24)17-11-12-20(21(13-17)26-3)27-15(2)22(25)23-19-10-6-8-16-7-4-5-9-18(16)19/h4-5,7,9,11-13,15,19H,6,8,10H2,1-3H3,(H,23,25)/t15-,19+/m1/s1. The Hall–Kier alpha value is -2.82. The van der Waals surface area contributed by atoms with Crippen LogP contribution in [-0.2, 0) is 11.2 Å². The molecular formula is C22H25NO4. The fourth-order valence-corrected chi connectivity index (χ4v) is 3.42. The van der Waals surface area contributed by atoms with Gasteiger partial charge < -0.3 is 14.8 Å². The Labute approximate surface area is 159 Å². The SMILES string of the molecule is COc1cc(C(C)=O)ccc1O[C@H](C)C(=O)N[C@H]1CCCc2ccccc21. The monoisotopic (exact) mass is 367 g/mol. The zero-order chi connectivity index (χ0) is 19.4. The largest absolute Gasteiger partial charge is 0.493 e. The summed E-state index contributed by atoms with van der Waals surface area (Å²) >= 11 is 0. The van der Waals surface area contributed by atoms with Crippen LogP contribution in [0.1, 0.15) is 54.2 Å². The molecule has 1 N–H and O–H groups in total. The van der Waals surface area contributed by atoms with Crippen molar-refractivity contribution in [3.8, 4) is 11.5 Å². The van der Waals surface area contributed by atoms with Crippen molar-refractivity contribution in [1.29, 1.82) is 0 Å². The molecule has 0 aromatic heterocycles. The van der Waals surface area contributed by atoms with Crippen molar-refractivity contribution in [2.24, 2.45) is 0 Å². The summed E-state index contributed by atoms with van der Waals surface area (Å²) in [6.07, 6.45) is 2.34. The van der Waals surface area contributed by atoms with Gasteiger partial charge in [0.1, 0.15) is 0 Å². The van der Waals surface area contributed by atoms with Crippen LogP contribution in [0.15, 0.2) is 42.5 Å². The van der Waals surface area contributed by atoms with Crippen LogP contribution in [0.3, 0.4) is 0 Å². The maximum absolute atomic E-state index is 12.7. The molecule has 5 nitrogen and oxygen atoms in total. The van der Waals surface area contributed by atoms with E-state index >= 15 is 0 Å². The third kappa shape index (κ3) is 4.30. The van der Waals surface area contributed by atoms with Crippen LogP contribution in [0.5, 0.6) is 11.5 Å². The normalized spacial score (nSPS) is 16.8. The third-order valence-corrected chi connectivity index (χ3v) is 4.93. The number of hydrogen-bond donors (Lipinski definition) is 1. The summed E-state index contributed by atoms with van der Waals surface area (Å²) < 4.78 is 11.1. The molecule has 2 aromatic carbocycles. The first-order valence-electron chi connectivity index (χ1n) is 9.23. The van der Waals surface area contributed by atoms with E-state index in [0.717, 1.165) is 19.3 Å². The predicted molar refractivity (Wildman–Crippen MR) is 103 cm³/mol. The average molecular weight is 367 g/mol. The number of hydrogen-bond acceptors (Lipinski definition) is 4. The number of ether oxygens (including phenoxy) is 2. The highest BCUT2D eigenvalue weighted by molar-refractivity contribution is 5.94. The first kappa shape index (κ1) is 19.0. The van der Waals surface area contributed by atoms with Crippen LogP contribution < -0.4 is 14.8 Å².